The summed E-state index contributed by atoms with van der Waals surface area (Å²) >= 11 is 0. The van der Waals surface area contributed by atoms with E-state index in [1.165, 1.54) is 12.5 Å². The molecular formula is C24H29N3O2. The number of nitrogens with zero attached hydrogens (tertiary/aromatic N) is 2. The van der Waals surface area contributed by atoms with Gasteiger partial charge < -0.3 is 10.2 Å². The number of rotatable bonds is 6. The van der Waals surface area contributed by atoms with Crippen molar-refractivity contribution in [2.45, 2.75) is 20.3 Å². The van der Waals surface area contributed by atoms with Crippen LogP contribution in [0.2, 0.25) is 0 Å². The van der Waals surface area contributed by atoms with Gasteiger partial charge in [-0.05, 0) is 42.7 Å². The van der Waals surface area contributed by atoms with Crippen LogP contribution in [0.1, 0.15) is 25.0 Å². The Balaban J connectivity index is 1.45. The molecule has 29 heavy (non-hydrogen) atoms. The van der Waals surface area contributed by atoms with Gasteiger partial charge in [-0.25, -0.2) is 0 Å². The highest BCUT2D eigenvalue weighted by molar-refractivity contribution is 5.97. The molecule has 1 aliphatic rings. The van der Waals surface area contributed by atoms with E-state index in [9.17, 15) is 9.59 Å². The Labute approximate surface area is 173 Å². The maximum absolute atomic E-state index is 12.7. The van der Waals surface area contributed by atoms with Crippen LogP contribution < -0.4 is 5.32 Å². The zero-order valence-electron chi connectivity index (χ0n) is 17.2. The molecule has 0 bridgehead atoms. The largest absolute Gasteiger partial charge is 0.336 e. The number of carbonyl (C=O) groups excluding carboxylic acids is 2. The molecule has 1 fully saturated rings. The second kappa shape index (κ2) is 10.0. The summed E-state index contributed by atoms with van der Waals surface area (Å²) in [5.74, 6) is 0.0704. The van der Waals surface area contributed by atoms with E-state index in [0.29, 0.717) is 0 Å². The number of hydrogen-bond donors (Lipinski definition) is 1. The number of hydrogen-bond acceptors (Lipinski definition) is 3. The van der Waals surface area contributed by atoms with E-state index in [4.69, 9.17) is 0 Å². The quantitative estimate of drug-likeness (QED) is 0.768. The van der Waals surface area contributed by atoms with Crippen molar-refractivity contribution in [3.8, 4) is 0 Å². The summed E-state index contributed by atoms with van der Waals surface area (Å²) in [5, 5.41) is 2.79. The second-order valence-corrected chi connectivity index (χ2v) is 7.50. The molecule has 1 N–H and O–H groups in total. The van der Waals surface area contributed by atoms with Gasteiger partial charge in [-0.2, -0.15) is 0 Å². The van der Waals surface area contributed by atoms with Crippen molar-refractivity contribution in [1.82, 2.24) is 9.80 Å². The fourth-order valence-electron chi connectivity index (χ4n) is 3.53. The molecule has 5 nitrogen and oxygen atoms in total. The Hall–Kier alpha value is -2.92. The van der Waals surface area contributed by atoms with Crippen LogP contribution in [0, 0.1) is 0 Å². The van der Waals surface area contributed by atoms with Gasteiger partial charge in [0.25, 0.3) is 0 Å². The topological polar surface area (TPSA) is 52.7 Å². The Bertz CT molecular complexity index is 851. The summed E-state index contributed by atoms with van der Waals surface area (Å²) in [6.45, 7) is 7.70. The van der Waals surface area contributed by atoms with Gasteiger partial charge in [-0.3, -0.25) is 14.5 Å². The predicted octanol–water partition coefficient (Wildman–Crippen LogP) is 3.44. The van der Waals surface area contributed by atoms with Gasteiger partial charge in [0.2, 0.25) is 11.8 Å². The number of carbonyl (C=O) groups is 2. The lowest BCUT2D eigenvalue weighted by atomic mass is 10.1. The number of amides is 2. The normalized spacial score (nSPS) is 15.2. The smallest absolute Gasteiger partial charge is 0.249 e. The Morgan fingerprint density at radius 2 is 1.59 bits per heavy atom. The van der Waals surface area contributed by atoms with E-state index in [2.05, 4.69) is 22.3 Å². The average molecular weight is 392 g/mol. The predicted molar refractivity (Wildman–Crippen MR) is 118 cm³/mol. The van der Waals surface area contributed by atoms with Gasteiger partial charge in [0.05, 0.1) is 0 Å². The molecule has 2 aromatic rings. The third kappa shape index (κ3) is 6.29. The zero-order chi connectivity index (χ0) is 20.6. The first-order valence-corrected chi connectivity index (χ1v) is 10.1. The fraction of sp³-hybridized carbons (Fsp3) is 0.333. The second-order valence-electron chi connectivity index (χ2n) is 7.50. The summed E-state index contributed by atoms with van der Waals surface area (Å²) < 4.78 is 0. The number of benzene rings is 2. The first-order valence-electron chi connectivity index (χ1n) is 10.1. The highest BCUT2D eigenvalue weighted by Gasteiger charge is 2.21. The third-order valence-electron chi connectivity index (χ3n) is 5.17. The van der Waals surface area contributed by atoms with Crippen LogP contribution in [-0.2, 0) is 16.0 Å². The Kier molecular flexibility index (Phi) is 7.19. The highest BCUT2D eigenvalue weighted by atomic mass is 16.2. The number of anilines is 1. The SMILES string of the molecule is CC(=O)Nc1ccc(CCN2CCN(C(=O)/C(C)=C/c3ccccc3)CC2)cc1. The molecule has 1 saturated heterocycles. The molecule has 0 spiro atoms. The number of piperazine rings is 1. The minimum Gasteiger partial charge on any atom is -0.336 e. The molecule has 0 aromatic heterocycles. The maximum atomic E-state index is 12.7. The fourth-order valence-corrected chi connectivity index (χ4v) is 3.53. The Morgan fingerprint density at radius 1 is 0.931 bits per heavy atom. The van der Waals surface area contributed by atoms with E-state index >= 15 is 0 Å². The first kappa shape index (κ1) is 20.8. The third-order valence-corrected chi connectivity index (χ3v) is 5.17. The lowest BCUT2D eigenvalue weighted by Gasteiger charge is -2.35. The van der Waals surface area contributed by atoms with Crippen LogP contribution in [0.5, 0.6) is 0 Å². The standard InChI is InChI=1S/C24H29N3O2/c1-19(18-22-6-4-3-5-7-22)24(29)27-16-14-26(15-17-27)13-12-21-8-10-23(11-9-21)25-20(2)28/h3-11,18H,12-17H2,1-2H3,(H,25,28)/b19-18+. The van der Waals surface area contributed by atoms with Gasteiger partial charge in [0.15, 0.2) is 0 Å². The molecule has 1 aliphatic heterocycles. The van der Waals surface area contributed by atoms with Crippen molar-refractivity contribution in [1.29, 1.82) is 0 Å². The molecule has 3 rings (SSSR count). The van der Waals surface area contributed by atoms with Crippen molar-refractivity contribution in [3.05, 3.63) is 71.3 Å². The molecule has 0 aliphatic carbocycles. The van der Waals surface area contributed by atoms with E-state index in [0.717, 1.165) is 56.0 Å². The summed E-state index contributed by atoms with van der Waals surface area (Å²) in [4.78, 5) is 28.2. The highest BCUT2D eigenvalue weighted by Crippen LogP contribution is 2.13. The molecule has 0 radical (unpaired) electrons. The van der Waals surface area contributed by atoms with Crippen LogP contribution >= 0.6 is 0 Å². The summed E-state index contributed by atoms with van der Waals surface area (Å²) in [6, 6.07) is 18.0. The van der Waals surface area contributed by atoms with E-state index in [1.807, 2.05) is 60.4 Å². The van der Waals surface area contributed by atoms with Gasteiger partial charge in [-0.15, -0.1) is 0 Å². The van der Waals surface area contributed by atoms with Crippen molar-refractivity contribution in [3.63, 3.8) is 0 Å². The van der Waals surface area contributed by atoms with E-state index in [1.54, 1.807) is 0 Å². The lowest BCUT2D eigenvalue weighted by molar-refractivity contribution is -0.128. The van der Waals surface area contributed by atoms with E-state index in [-0.39, 0.29) is 11.8 Å². The minimum atomic E-state index is -0.0565. The molecule has 2 aromatic carbocycles. The van der Waals surface area contributed by atoms with Crippen LogP contribution in [0.3, 0.4) is 0 Å². The van der Waals surface area contributed by atoms with Gasteiger partial charge in [0.1, 0.15) is 0 Å². The number of nitrogens with one attached hydrogen (secondary N) is 1. The van der Waals surface area contributed by atoms with Crippen LogP contribution in [0.4, 0.5) is 5.69 Å². The molecule has 1 heterocycles. The molecule has 0 unspecified atom stereocenters. The monoisotopic (exact) mass is 391 g/mol. The zero-order valence-corrected chi connectivity index (χ0v) is 17.2. The van der Waals surface area contributed by atoms with Crippen molar-refractivity contribution in [2.24, 2.45) is 0 Å². The van der Waals surface area contributed by atoms with Crippen LogP contribution in [-0.4, -0.2) is 54.3 Å². The molecule has 5 heteroatoms. The summed E-state index contributed by atoms with van der Waals surface area (Å²) in [5.41, 5.74) is 3.91. The maximum Gasteiger partial charge on any atom is 0.249 e. The first-order chi connectivity index (χ1) is 14.0. The van der Waals surface area contributed by atoms with Crippen molar-refractivity contribution in [2.75, 3.05) is 38.0 Å². The van der Waals surface area contributed by atoms with E-state index < -0.39 is 0 Å². The summed E-state index contributed by atoms with van der Waals surface area (Å²) in [7, 11) is 0. The molecule has 0 atom stereocenters. The molecular weight excluding hydrogens is 362 g/mol. The van der Waals surface area contributed by atoms with Crippen LogP contribution in [0.25, 0.3) is 6.08 Å². The van der Waals surface area contributed by atoms with Gasteiger partial charge in [-0.1, -0.05) is 42.5 Å². The molecule has 2 amide bonds. The van der Waals surface area contributed by atoms with Crippen LogP contribution in [0.15, 0.2) is 60.2 Å². The van der Waals surface area contributed by atoms with Gasteiger partial charge in [0, 0.05) is 50.9 Å². The van der Waals surface area contributed by atoms with Crippen molar-refractivity contribution < 1.29 is 9.59 Å². The molecule has 0 saturated carbocycles. The minimum absolute atomic E-state index is 0.0565. The Morgan fingerprint density at radius 3 is 2.21 bits per heavy atom. The van der Waals surface area contributed by atoms with Gasteiger partial charge >= 0.3 is 0 Å². The average Bonchev–Trinajstić information content (AvgIpc) is 2.73. The van der Waals surface area contributed by atoms with Crippen molar-refractivity contribution >= 4 is 23.6 Å². The summed E-state index contributed by atoms with van der Waals surface area (Å²) in [6.07, 6.45) is 2.92. The lowest BCUT2D eigenvalue weighted by Crippen LogP contribution is -2.49. The molecule has 152 valence electrons.